The van der Waals surface area contributed by atoms with Crippen LogP contribution in [0.5, 0.6) is 0 Å². The Kier molecular flexibility index (Phi) is 9.88. The van der Waals surface area contributed by atoms with E-state index in [-0.39, 0.29) is 18.5 Å². The van der Waals surface area contributed by atoms with Crippen LogP contribution in [-0.4, -0.2) is 42.9 Å². The van der Waals surface area contributed by atoms with Crippen molar-refractivity contribution in [1.82, 2.24) is 10.6 Å². The van der Waals surface area contributed by atoms with Crippen molar-refractivity contribution in [3.8, 4) is 0 Å². The lowest BCUT2D eigenvalue weighted by Gasteiger charge is -2.14. The zero-order chi connectivity index (χ0) is 14.7. The van der Waals surface area contributed by atoms with Gasteiger partial charge in [-0.15, -0.1) is 0 Å². The summed E-state index contributed by atoms with van der Waals surface area (Å²) < 4.78 is 5.33. The first kappa shape index (κ1) is 17.7. The topological polar surface area (TPSA) is 87.7 Å². The van der Waals surface area contributed by atoms with E-state index in [4.69, 9.17) is 9.84 Å². The standard InChI is InChI=1S/C13H26N2O4/c1-10(2)9-19-8-7-14-13(18)15-11(3)5-4-6-12(16)17/h10-11H,4-9H2,1-3H3,(H,16,17)(H2,14,15,18). The predicted octanol–water partition coefficient (Wildman–Crippen LogP) is 1.60. The summed E-state index contributed by atoms with van der Waals surface area (Å²) in [6.45, 7) is 7.66. The fourth-order valence-corrected chi connectivity index (χ4v) is 1.46. The van der Waals surface area contributed by atoms with Gasteiger partial charge in [0.25, 0.3) is 0 Å². The second-order valence-electron chi connectivity index (χ2n) is 5.06. The van der Waals surface area contributed by atoms with Crippen molar-refractivity contribution in [3.63, 3.8) is 0 Å². The van der Waals surface area contributed by atoms with Crippen molar-refractivity contribution in [2.45, 2.75) is 46.1 Å². The average Bonchev–Trinajstić information content (AvgIpc) is 2.27. The van der Waals surface area contributed by atoms with Gasteiger partial charge in [0.15, 0.2) is 0 Å². The number of urea groups is 1. The van der Waals surface area contributed by atoms with E-state index in [2.05, 4.69) is 24.5 Å². The Morgan fingerprint density at radius 2 is 1.95 bits per heavy atom. The molecule has 0 aromatic rings. The van der Waals surface area contributed by atoms with E-state index in [0.29, 0.717) is 38.5 Å². The molecule has 0 spiro atoms. The largest absolute Gasteiger partial charge is 0.481 e. The maximum absolute atomic E-state index is 11.5. The third-order valence-electron chi connectivity index (χ3n) is 2.39. The van der Waals surface area contributed by atoms with E-state index in [1.54, 1.807) is 0 Å². The average molecular weight is 274 g/mol. The number of nitrogens with one attached hydrogen (secondary N) is 2. The normalized spacial score (nSPS) is 12.2. The van der Waals surface area contributed by atoms with Crippen molar-refractivity contribution in [2.75, 3.05) is 19.8 Å². The van der Waals surface area contributed by atoms with Gasteiger partial charge in [0.1, 0.15) is 0 Å². The number of rotatable bonds is 10. The molecule has 0 bridgehead atoms. The number of carboxylic acid groups (broad SMARTS) is 1. The third-order valence-corrected chi connectivity index (χ3v) is 2.39. The molecule has 0 rings (SSSR count). The molecule has 0 aromatic carbocycles. The monoisotopic (exact) mass is 274 g/mol. The van der Waals surface area contributed by atoms with Crippen LogP contribution in [0.3, 0.4) is 0 Å². The summed E-state index contributed by atoms with van der Waals surface area (Å²) in [6.07, 6.45) is 1.36. The smallest absolute Gasteiger partial charge is 0.315 e. The van der Waals surface area contributed by atoms with Crippen LogP contribution < -0.4 is 10.6 Å². The molecule has 0 saturated heterocycles. The molecule has 1 unspecified atom stereocenters. The summed E-state index contributed by atoms with van der Waals surface area (Å²) in [5, 5.41) is 14.0. The first-order valence-electron chi connectivity index (χ1n) is 6.75. The molecule has 3 N–H and O–H groups in total. The fraction of sp³-hybridized carbons (Fsp3) is 0.846. The van der Waals surface area contributed by atoms with Crippen LogP contribution in [0.1, 0.15) is 40.0 Å². The number of carbonyl (C=O) groups is 2. The molecule has 0 saturated carbocycles. The van der Waals surface area contributed by atoms with Gasteiger partial charge in [-0.05, 0) is 25.7 Å². The summed E-state index contributed by atoms with van der Waals surface area (Å²) in [5.74, 6) is -0.318. The van der Waals surface area contributed by atoms with Crippen LogP contribution in [0, 0.1) is 5.92 Å². The van der Waals surface area contributed by atoms with Gasteiger partial charge in [0, 0.05) is 25.6 Å². The quantitative estimate of drug-likeness (QED) is 0.528. The number of carbonyl (C=O) groups excluding carboxylic acids is 1. The van der Waals surface area contributed by atoms with Crippen molar-refractivity contribution < 1.29 is 19.4 Å². The van der Waals surface area contributed by atoms with Gasteiger partial charge in [0.2, 0.25) is 0 Å². The SMILES string of the molecule is CC(C)COCCNC(=O)NC(C)CCCC(=O)O. The van der Waals surface area contributed by atoms with E-state index >= 15 is 0 Å². The molecule has 0 heterocycles. The molecule has 112 valence electrons. The summed E-state index contributed by atoms with van der Waals surface area (Å²) >= 11 is 0. The minimum absolute atomic E-state index is 0.0315. The summed E-state index contributed by atoms with van der Waals surface area (Å²) in [7, 11) is 0. The van der Waals surface area contributed by atoms with Gasteiger partial charge in [-0.25, -0.2) is 4.79 Å². The molecule has 0 aliphatic rings. The minimum Gasteiger partial charge on any atom is -0.481 e. The van der Waals surface area contributed by atoms with Crippen molar-refractivity contribution in [2.24, 2.45) is 5.92 Å². The molecule has 6 nitrogen and oxygen atoms in total. The number of ether oxygens (including phenoxy) is 1. The molecule has 19 heavy (non-hydrogen) atoms. The molecular weight excluding hydrogens is 248 g/mol. The molecule has 0 aromatic heterocycles. The number of carboxylic acids is 1. The van der Waals surface area contributed by atoms with Gasteiger partial charge in [-0.3, -0.25) is 4.79 Å². The Balaban J connectivity index is 3.49. The maximum Gasteiger partial charge on any atom is 0.315 e. The summed E-state index contributed by atoms with van der Waals surface area (Å²) in [4.78, 5) is 21.8. The van der Waals surface area contributed by atoms with Crippen LogP contribution in [0.15, 0.2) is 0 Å². The van der Waals surface area contributed by atoms with E-state index in [1.165, 1.54) is 0 Å². The molecular formula is C13H26N2O4. The Morgan fingerprint density at radius 3 is 2.53 bits per heavy atom. The number of hydrogen-bond acceptors (Lipinski definition) is 3. The number of hydrogen-bond donors (Lipinski definition) is 3. The minimum atomic E-state index is -0.807. The van der Waals surface area contributed by atoms with E-state index < -0.39 is 5.97 Å². The molecule has 2 amide bonds. The number of amides is 2. The zero-order valence-corrected chi connectivity index (χ0v) is 12.1. The fourth-order valence-electron chi connectivity index (χ4n) is 1.46. The Hall–Kier alpha value is -1.30. The summed E-state index contributed by atoms with van der Waals surface area (Å²) in [6, 6.07) is -0.271. The van der Waals surface area contributed by atoms with Crippen LogP contribution in [0.25, 0.3) is 0 Å². The molecule has 0 radical (unpaired) electrons. The van der Waals surface area contributed by atoms with Crippen molar-refractivity contribution >= 4 is 12.0 Å². The molecule has 0 aliphatic carbocycles. The highest BCUT2D eigenvalue weighted by Gasteiger charge is 2.07. The Bertz CT molecular complexity index is 269. The maximum atomic E-state index is 11.5. The lowest BCUT2D eigenvalue weighted by atomic mass is 10.1. The first-order chi connectivity index (χ1) is 8.91. The van der Waals surface area contributed by atoms with Gasteiger partial charge in [-0.1, -0.05) is 13.8 Å². The molecule has 0 aliphatic heterocycles. The Morgan fingerprint density at radius 1 is 1.26 bits per heavy atom. The molecule has 6 heteroatoms. The predicted molar refractivity (Wildman–Crippen MR) is 73.1 cm³/mol. The van der Waals surface area contributed by atoms with Gasteiger partial charge >= 0.3 is 12.0 Å². The van der Waals surface area contributed by atoms with Crippen LogP contribution in [-0.2, 0) is 9.53 Å². The highest BCUT2D eigenvalue weighted by Crippen LogP contribution is 2.00. The molecule has 0 fully saturated rings. The second-order valence-corrected chi connectivity index (χ2v) is 5.06. The highest BCUT2D eigenvalue weighted by atomic mass is 16.5. The first-order valence-corrected chi connectivity index (χ1v) is 6.75. The van der Waals surface area contributed by atoms with Crippen LogP contribution >= 0.6 is 0 Å². The van der Waals surface area contributed by atoms with Crippen LogP contribution in [0.2, 0.25) is 0 Å². The third kappa shape index (κ3) is 12.9. The van der Waals surface area contributed by atoms with Gasteiger partial charge < -0.3 is 20.5 Å². The summed E-state index contributed by atoms with van der Waals surface area (Å²) in [5.41, 5.74) is 0. The van der Waals surface area contributed by atoms with Gasteiger partial charge in [-0.2, -0.15) is 0 Å². The second kappa shape index (κ2) is 10.6. The highest BCUT2D eigenvalue weighted by molar-refractivity contribution is 5.74. The zero-order valence-electron chi connectivity index (χ0n) is 12.1. The van der Waals surface area contributed by atoms with Crippen molar-refractivity contribution in [1.29, 1.82) is 0 Å². The lowest BCUT2D eigenvalue weighted by Crippen LogP contribution is -2.42. The Labute approximate surface area is 114 Å². The lowest BCUT2D eigenvalue weighted by molar-refractivity contribution is -0.137. The van der Waals surface area contributed by atoms with E-state index in [1.807, 2.05) is 6.92 Å². The van der Waals surface area contributed by atoms with Crippen LogP contribution in [0.4, 0.5) is 4.79 Å². The van der Waals surface area contributed by atoms with Gasteiger partial charge in [0.05, 0.1) is 6.61 Å². The van der Waals surface area contributed by atoms with E-state index in [9.17, 15) is 9.59 Å². The van der Waals surface area contributed by atoms with E-state index in [0.717, 1.165) is 0 Å². The van der Waals surface area contributed by atoms with Crippen molar-refractivity contribution in [3.05, 3.63) is 0 Å². The molecule has 1 atom stereocenters. The number of aliphatic carboxylic acids is 1.